The number of anilines is 1. The molecule has 2 atom stereocenters. The number of nitrogens with two attached hydrogens (primary N) is 1. The van der Waals surface area contributed by atoms with Crippen LogP contribution in [0.25, 0.3) is 0 Å². The van der Waals surface area contributed by atoms with Crippen LogP contribution in [0.15, 0.2) is 53.1 Å². The zero-order valence-electron chi connectivity index (χ0n) is 19.8. The van der Waals surface area contributed by atoms with Crippen molar-refractivity contribution in [3.63, 3.8) is 0 Å². The van der Waals surface area contributed by atoms with E-state index in [-0.39, 0.29) is 40.3 Å². The molecule has 198 valence electrons. The minimum atomic E-state index is -1.52. The molecule has 14 nitrogen and oxygen atoms in total. The van der Waals surface area contributed by atoms with Gasteiger partial charge in [-0.15, -0.1) is 11.8 Å². The van der Waals surface area contributed by atoms with Gasteiger partial charge in [0.1, 0.15) is 18.0 Å². The number of oxime groups is 1. The van der Waals surface area contributed by atoms with Gasteiger partial charge in [-0.05, 0) is 18.6 Å². The SMILES string of the molecule is CCO/N=C(/C(=O)NC1C(=O)N2C(C(=O)[O-])=C(/C=C/C[n+]3ccc(C(=O)O)cc3)CS[C@H]12)c1nsc(N)n1. The van der Waals surface area contributed by atoms with Crippen molar-refractivity contribution in [2.75, 3.05) is 18.1 Å². The molecular weight excluding hydrogens is 538 g/mol. The van der Waals surface area contributed by atoms with Crippen LogP contribution in [0.1, 0.15) is 23.1 Å². The van der Waals surface area contributed by atoms with Crippen molar-refractivity contribution in [1.82, 2.24) is 19.6 Å². The molecule has 0 bridgehead atoms. The number of carbonyl (C=O) groups is 4. The fraction of sp³-hybridized carbons (Fsp3) is 0.273. The first-order valence-corrected chi connectivity index (χ1v) is 12.9. The van der Waals surface area contributed by atoms with E-state index >= 15 is 0 Å². The Morgan fingerprint density at radius 3 is 2.74 bits per heavy atom. The van der Waals surface area contributed by atoms with Gasteiger partial charge in [-0.25, -0.2) is 9.36 Å². The molecule has 1 saturated heterocycles. The number of aromatic nitrogens is 3. The quantitative estimate of drug-likeness (QED) is 0.132. The average molecular weight is 560 g/mol. The highest BCUT2D eigenvalue weighted by atomic mass is 32.2. The minimum absolute atomic E-state index is 0.0587. The minimum Gasteiger partial charge on any atom is -0.543 e. The molecule has 16 heteroatoms. The largest absolute Gasteiger partial charge is 0.543 e. The topological polar surface area (TPSA) is 204 Å². The van der Waals surface area contributed by atoms with Gasteiger partial charge < -0.3 is 30.9 Å². The van der Waals surface area contributed by atoms with Gasteiger partial charge in [0.25, 0.3) is 11.8 Å². The van der Waals surface area contributed by atoms with Crippen molar-refractivity contribution in [2.24, 2.45) is 5.16 Å². The summed E-state index contributed by atoms with van der Waals surface area (Å²) in [5, 5.41) is 26.7. The van der Waals surface area contributed by atoms with Gasteiger partial charge in [0.2, 0.25) is 11.5 Å². The summed E-state index contributed by atoms with van der Waals surface area (Å²) in [4.78, 5) is 58.7. The number of amides is 2. The van der Waals surface area contributed by atoms with Crippen molar-refractivity contribution in [2.45, 2.75) is 24.9 Å². The number of hydrogen-bond acceptors (Lipinski definition) is 12. The molecule has 1 fully saturated rings. The van der Waals surface area contributed by atoms with Crippen LogP contribution in [0.3, 0.4) is 0 Å². The van der Waals surface area contributed by atoms with Gasteiger partial charge in [0.05, 0.1) is 17.2 Å². The first-order valence-electron chi connectivity index (χ1n) is 11.1. The maximum Gasteiger partial charge on any atom is 0.336 e. The summed E-state index contributed by atoms with van der Waals surface area (Å²) in [6.45, 7) is 2.18. The van der Waals surface area contributed by atoms with Crippen molar-refractivity contribution < 1.29 is 38.8 Å². The standard InChI is InChI=1S/C22H21N7O7S2/c1-2-36-26-13(16-25-22(23)38-27-16)17(30)24-14-18(31)29-15(21(34)35)12(10-37-19(14)29)4-3-7-28-8-5-11(6-9-28)20(32)33/h3-6,8-9,14,19H,2,7,10H2,1H3,(H4-,23,24,25,27,30,32,33,34,35)/b4-3+,26-13+/t14?,19-/m1/s1. The predicted octanol–water partition coefficient (Wildman–Crippen LogP) is -1.49. The van der Waals surface area contributed by atoms with E-state index in [2.05, 4.69) is 19.8 Å². The van der Waals surface area contributed by atoms with E-state index in [4.69, 9.17) is 15.7 Å². The number of aliphatic carboxylic acids is 1. The van der Waals surface area contributed by atoms with E-state index in [1.54, 1.807) is 36.0 Å². The Labute approximate surface area is 223 Å². The molecule has 2 aromatic rings. The molecule has 0 saturated carbocycles. The number of aromatic carboxylic acids is 1. The third kappa shape index (κ3) is 5.50. The summed E-state index contributed by atoms with van der Waals surface area (Å²) in [6.07, 6.45) is 6.43. The molecule has 0 radical (unpaired) electrons. The lowest BCUT2D eigenvalue weighted by atomic mass is 10.0. The molecule has 0 aromatic carbocycles. The van der Waals surface area contributed by atoms with Gasteiger partial charge in [-0.2, -0.15) is 9.36 Å². The van der Waals surface area contributed by atoms with E-state index in [1.807, 2.05) is 0 Å². The Balaban J connectivity index is 1.47. The van der Waals surface area contributed by atoms with Crippen LogP contribution in [0.2, 0.25) is 0 Å². The summed E-state index contributed by atoms with van der Waals surface area (Å²) >= 11 is 2.14. The number of nitrogens with zero attached hydrogens (tertiary/aromatic N) is 5. The van der Waals surface area contributed by atoms with Crippen LogP contribution in [0, 0.1) is 0 Å². The van der Waals surface area contributed by atoms with Gasteiger partial charge in [0.15, 0.2) is 24.1 Å². The Bertz CT molecular complexity index is 1370. The third-order valence-corrected chi connectivity index (χ3v) is 7.25. The van der Waals surface area contributed by atoms with Gasteiger partial charge in [-0.1, -0.05) is 11.2 Å². The number of carboxylic acid groups (broad SMARTS) is 2. The van der Waals surface area contributed by atoms with Gasteiger partial charge in [0, 0.05) is 29.4 Å². The van der Waals surface area contributed by atoms with E-state index in [1.165, 1.54) is 23.9 Å². The van der Waals surface area contributed by atoms with Crippen LogP contribution in [0.4, 0.5) is 5.13 Å². The number of allylic oxidation sites excluding steroid dienone is 2. The van der Waals surface area contributed by atoms with Crippen molar-refractivity contribution >= 4 is 57.9 Å². The maximum absolute atomic E-state index is 12.9. The van der Waals surface area contributed by atoms with Crippen LogP contribution >= 0.6 is 23.3 Å². The molecule has 1 unspecified atom stereocenters. The molecule has 2 aliphatic heterocycles. The van der Waals surface area contributed by atoms with E-state index in [0.717, 1.165) is 16.4 Å². The summed E-state index contributed by atoms with van der Waals surface area (Å²) in [5.41, 5.74) is 5.56. The molecule has 0 spiro atoms. The number of carbonyl (C=O) groups excluding carboxylic acids is 3. The van der Waals surface area contributed by atoms with Crippen LogP contribution in [0.5, 0.6) is 0 Å². The summed E-state index contributed by atoms with van der Waals surface area (Å²) < 4.78 is 5.66. The first kappa shape index (κ1) is 26.7. The molecule has 2 amide bonds. The number of pyridine rings is 1. The number of β-lactam (4-membered cyclic amide) rings is 1. The summed E-state index contributed by atoms with van der Waals surface area (Å²) in [6, 6.07) is 1.87. The predicted molar refractivity (Wildman–Crippen MR) is 132 cm³/mol. The Morgan fingerprint density at radius 1 is 1.39 bits per heavy atom. The lowest BCUT2D eigenvalue weighted by Gasteiger charge is -2.50. The number of fused-ring (bicyclic) bond motifs is 1. The molecule has 0 aliphatic carbocycles. The molecular formula is C22H21N7O7S2. The molecule has 2 aliphatic rings. The number of thioether (sulfide) groups is 1. The van der Waals surface area contributed by atoms with Crippen LogP contribution < -0.4 is 20.7 Å². The van der Waals surface area contributed by atoms with Gasteiger partial charge >= 0.3 is 5.97 Å². The zero-order chi connectivity index (χ0) is 27.4. The second kappa shape index (κ2) is 11.4. The third-order valence-electron chi connectivity index (χ3n) is 5.40. The second-order valence-corrected chi connectivity index (χ2v) is 9.72. The summed E-state index contributed by atoms with van der Waals surface area (Å²) in [7, 11) is 0. The second-order valence-electron chi connectivity index (χ2n) is 7.83. The van der Waals surface area contributed by atoms with Gasteiger partial charge in [-0.3, -0.25) is 14.5 Å². The molecule has 2 aromatic heterocycles. The Morgan fingerprint density at radius 2 is 2.13 bits per heavy atom. The number of nitrogens with one attached hydrogen (secondary N) is 1. The number of nitrogen functional groups attached to an aromatic ring is 1. The molecule has 4 N–H and O–H groups in total. The van der Waals surface area contributed by atoms with E-state index < -0.39 is 35.2 Å². The zero-order valence-corrected chi connectivity index (χ0v) is 21.4. The number of rotatable bonds is 10. The van der Waals surface area contributed by atoms with E-state index in [0.29, 0.717) is 12.1 Å². The fourth-order valence-electron chi connectivity index (χ4n) is 3.65. The normalized spacial score (nSPS) is 19.2. The number of hydrogen-bond donors (Lipinski definition) is 3. The van der Waals surface area contributed by atoms with E-state index in [9.17, 15) is 24.3 Å². The Kier molecular flexibility index (Phi) is 8.02. The fourth-order valence-corrected chi connectivity index (χ4v) is 5.41. The maximum atomic E-state index is 12.9. The van der Waals surface area contributed by atoms with Crippen LogP contribution in [-0.4, -0.2) is 72.6 Å². The highest BCUT2D eigenvalue weighted by Crippen LogP contribution is 2.40. The smallest absolute Gasteiger partial charge is 0.336 e. The Hall–Kier alpha value is -4.31. The van der Waals surface area contributed by atoms with Crippen molar-refractivity contribution in [1.29, 1.82) is 0 Å². The molecule has 38 heavy (non-hydrogen) atoms. The first-order chi connectivity index (χ1) is 18.2. The number of carboxylic acids is 2. The molecule has 4 rings (SSSR count). The lowest BCUT2D eigenvalue weighted by molar-refractivity contribution is -0.687. The van der Waals surface area contributed by atoms with Crippen LogP contribution in [-0.2, 0) is 25.8 Å². The highest BCUT2D eigenvalue weighted by Gasteiger charge is 2.53. The highest BCUT2D eigenvalue weighted by molar-refractivity contribution is 8.00. The average Bonchev–Trinajstić information content (AvgIpc) is 3.32. The monoisotopic (exact) mass is 559 g/mol. The lowest BCUT2D eigenvalue weighted by Crippen LogP contribution is -2.71. The van der Waals surface area contributed by atoms with Crippen molar-refractivity contribution in [3.8, 4) is 0 Å². The summed E-state index contributed by atoms with van der Waals surface area (Å²) in [5.74, 6) is -3.77. The van der Waals surface area contributed by atoms with Crippen molar-refractivity contribution in [3.05, 3.63) is 59.3 Å². The molecule has 4 heterocycles.